The van der Waals surface area contributed by atoms with E-state index in [-0.39, 0.29) is 24.0 Å². The van der Waals surface area contributed by atoms with Crippen molar-refractivity contribution in [2.45, 2.75) is 77.5 Å². The van der Waals surface area contributed by atoms with Crippen molar-refractivity contribution in [2.75, 3.05) is 33.7 Å². The van der Waals surface area contributed by atoms with E-state index in [1.807, 2.05) is 0 Å². The first kappa shape index (κ1) is 29.7. The van der Waals surface area contributed by atoms with Crippen molar-refractivity contribution in [2.24, 2.45) is 0 Å². The minimum Gasteiger partial charge on any atom is -0.415 e. The maximum absolute atomic E-state index is 6.80. The molecule has 2 rings (SSSR count). The zero-order valence-corrected chi connectivity index (χ0v) is 24.0. The quantitative estimate of drug-likeness (QED) is 0.149. The number of rotatable bonds is 16. The molecule has 0 saturated carbocycles. The maximum atomic E-state index is 6.80. The van der Waals surface area contributed by atoms with Crippen LogP contribution in [0.1, 0.15) is 45.2 Å². The second-order valence-corrected chi connectivity index (χ2v) is 15.5. The number of hydrogen-bond acceptors (Lipinski definition) is 5. The summed E-state index contributed by atoms with van der Waals surface area (Å²) in [6.07, 6.45) is 0.855. The molecule has 0 aliphatic carbocycles. The standard InChI is InChI=1S/C29H47NO4Si/c1-8-28(33-24-32-20-19-31-5)27(23-34-35(6,7)29(2,3)4)30(21-25-15-11-9-12-16-25)22-26-17-13-10-14-18-26/h9-18,27-28H,8,19-24H2,1-7H3/t27-,28+/m0/s1. The van der Waals surface area contributed by atoms with Crippen LogP contribution in [-0.4, -0.2) is 59.1 Å². The minimum atomic E-state index is -1.94. The molecule has 0 aliphatic rings. The van der Waals surface area contributed by atoms with Gasteiger partial charge in [-0.25, -0.2) is 0 Å². The highest BCUT2D eigenvalue weighted by atomic mass is 28.4. The molecule has 2 aromatic carbocycles. The Labute approximate surface area is 214 Å². The zero-order chi connectivity index (χ0) is 25.7. The number of benzene rings is 2. The normalized spacial score (nSPS) is 14.3. The van der Waals surface area contributed by atoms with E-state index < -0.39 is 8.32 Å². The van der Waals surface area contributed by atoms with Gasteiger partial charge in [0.25, 0.3) is 0 Å². The fourth-order valence-corrected chi connectivity index (χ4v) is 4.74. The Kier molecular flexibility index (Phi) is 12.6. The van der Waals surface area contributed by atoms with Gasteiger partial charge < -0.3 is 18.6 Å². The summed E-state index contributed by atoms with van der Waals surface area (Å²) in [5.74, 6) is 0. The highest BCUT2D eigenvalue weighted by Gasteiger charge is 2.39. The number of nitrogens with zero attached hydrogens (tertiary/aromatic N) is 1. The van der Waals surface area contributed by atoms with E-state index >= 15 is 0 Å². The summed E-state index contributed by atoms with van der Waals surface area (Å²) < 4.78 is 23.9. The third kappa shape index (κ3) is 10.2. The van der Waals surface area contributed by atoms with Gasteiger partial charge in [-0.15, -0.1) is 0 Å². The van der Waals surface area contributed by atoms with Crippen molar-refractivity contribution in [1.82, 2.24) is 4.90 Å². The van der Waals surface area contributed by atoms with Gasteiger partial charge in [0.05, 0.1) is 32.0 Å². The van der Waals surface area contributed by atoms with Crippen LogP contribution in [0.4, 0.5) is 0 Å². The van der Waals surface area contributed by atoms with Crippen LogP contribution in [0.2, 0.25) is 18.1 Å². The number of ether oxygens (including phenoxy) is 3. The maximum Gasteiger partial charge on any atom is 0.192 e. The highest BCUT2D eigenvalue weighted by Crippen LogP contribution is 2.37. The topological polar surface area (TPSA) is 40.2 Å². The van der Waals surface area contributed by atoms with Crippen molar-refractivity contribution in [3.8, 4) is 0 Å². The minimum absolute atomic E-state index is 0.0188. The van der Waals surface area contributed by atoms with Crippen LogP contribution in [0.25, 0.3) is 0 Å². The molecular weight excluding hydrogens is 454 g/mol. The summed E-state index contributed by atoms with van der Waals surface area (Å²) in [5.41, 5.74) is 2.57. The van der Waals surface area contributed by atoms with Crippen molar-refractivity contribution in [3.63, 3.8) is 0 Å². The van der Waals surface area contributed by atoms with Crippen LogP contribution in [-0.2, 0) is 31.7 Å². The third-order valence-corrected chi connectivity index (χ3v) is 11.5. The Morgan fingerprint density at radius 2 is 1.40 bits per heavy atom. The Hall–Kier alpha value is -1.54. The molecule has 0 amide bonds. The van der Waals surface area contributed by atoms with Gasteiger partial charge >= 0.3 is 0 Å². The van der Waals surface area contributed by atoms with Crippen LogP contribution in [0.15, 0.2) is 60.7 Å². The van der Waals surface area contributed by atoms with Crippen molar-refractivity contribution in [3.05, 3.63) is 71.8 Å². The molecule has 6 heteroatoms. The van der Waals surface area contributed by atoms with Gasteiger partial charge in [-0.2, -0.15) is 0 Å². The van der Waals surface area contributed by atoms with E-state index in [2.05, 4.69) is 106 Å². The third-order valence-electron chi connectivity index (χ3n) is 6.98. The van der Waals surface area contributed by atoms with Crippen molar-refractivity contribution < 1.29 is 18.6 Å². The first-order valence-electron chi connectivity index (χ1n) is 12.8. The summed E-state index contributed by atoms with van der Waals surface area (Å²) in [7, 11) is -0.256. The lowest BCUT2D eigenvalue weighted by Crippen LogP contribution is -2.51. The van der Waals surface area contributed by atoms with Crippen LogP contribution in [0.5, 0.6) is 0 Å². The average molecular weight is 502 g/mol. The molecule has 0 saturated heterocycles. The molecule has 196 valence electrons. The van der Waals surface area contributed by atoms with Gasteiger partial charge in [0.15, 0.2) is 8.32 Å². The predicted octanol–water partition coefficient (Wildman–Crippen LogP) is 6.49. The molecule has 0 fully saturated rings. The predicted molar refractivity (Wildman–Crippen MR) is 147 cm³/mol. The van der Waals surface area contributed by atoms with Crippen LogP contribution < -0.4 is 0 Å². The summed E-state index contributed by atoms with van der Waals surface area (Å²) in [6, 6.07) is 21.4. The molecule has 0 aliphatic heterocycles. The Morgan fingerprint density at radius 3 is 1.86 bits per heavy atom. The summed E-state index contributed by atoms with van der Waals surface area (Å²) in [4.78, 5) is 2.52. The molecule has 35 heavy (non-hydrogen) atoms. The largest absolute Gasteiger partial charge is 0.415 e. The highest BCUT2D eigenvalue weighted by molar-refractivity contribution is 6.74. The Balaban J connectivity index is 2.31. The van der Waals surface area contributed by atoms with Crippen molar-refractivity contribution >= 4 is 8.32 Å². The Bertz CT molecular complexity index is 769. The molecule has 0 bridgehead atoms. The first-order valence-corrected chi connectivity index (χ1v) is 15.7. The SMILES string of the molecule is CC[C@@H](OCOCCOC)[C@H](CO[Si](C)(C)C(C)(C)C)N(Cc1ccccc1)Cc1ccccc1. The van der Waals surface area contributed by atoms with Gasteiger partial charge in [0.2, 0.25) is 0 Å². The second-order valence-electron chi connectivity index (χ2n) is 10.6. The summed E-state index contributed by atoms with van der Waals surface area (Å²) >= 11 is 0. The van der Waals surface area contributed by atoms with Gasteiger partial charge in [-0.1, -0.05) is 88.4 Å². The lowest BCUT2D eigenvalue weighted by atomic mass is 10.0. The summed E-state index contributed by atoms with van der Waals surface area (Å²) in [6.45, 7) is 17.3. The van der Waals surface area contributed by atoms with Crippen LogP contribution in [0.3, 0.4) is 0 Å². The first-order chi connectivity index (χ1) is 16.7. The van der Waals surface area contributed by atoms with E-state index in [0.717, 1.165) is 19.5 Å². The van der Waals surface area contributed by atoms with Crippen LogP contribution in [0, 0.1) is 0 Å². The van der Waals surface area contributed by atoms with E-state index in [0.29, 0.717) is 19.8 Å². The van der Waals surface area contributed by atoms with Gasteiger partial charge in [0, 0.05) is 20.2 Å². The molecule has 0 unspecified atom stereocenters. The molecule has 2 atom stereocenters. The number of methoxy groups -OCH3 is 1. The Morgan fingerprint density at radius 1 is 0.857 bits per heavy atom. The van der Waals surface area contributed by atoms with E-state index in [4.69, 9.17) is 18.6 Å². The second kappa shape index (κ2) is 14.9. The average Bonchev–Trinajstić information content (AvgIpc) is 2.83. The van der Waals surface area contributed by atoms with Gasteiger partial charge in [-0.3, -0.25) is 4.90 Å². The van der Waals surface area contributed by atoms with Gasteiger partial charge in [-0.05, 0) is 35.7 Å². The molecule has 0 aromatic heterocycles. The molecule has 0 radical (unpaired) electrons. The van der Waals surface area contributed by atoms with E-state index in [1.165, 1.54) is 11.1 Å². The molecule has 5 nitrogen and oxygen atoms in total. The molecular formula is C29H47NO4Si. The van der Waals surface area contributed by atoms with Crippen molar-refractivity contribution in [1.29, 1.82) is 0 Å². The summed E-state index contributed by atoms with van der Waals surface area (Å²) in [5, 5.41) is 0.146. The van der Waals surface area contributed by atoms with E-state index in [9.17, 15) is 0 Å². The monoisotopic (exact) mass is 501 g/mol. The number of hydrogen-bond donors (Lipinski definition) is 0. The van der Waals surface area contributed by atoms with E-state index in [1.54, 1.807) is 7.11 Å². The fourth-order valence-electron chi connectivity index (χ4n) is 3.72. The van der Waals surface area contributed by atoms with Crippen LogP contribution >= 0.6 is 0 Å². The smallest absolute Gasteiger partial charge is 0.192 e. The van der Waals surface area contributed by atoms with Gasteiger partial charge in [0.1, 0.15) is 6.79 Å². The molecule has 0 N–H and O–H groups in total. The molecule has 0 heterocycles. The lowest BCUT2D eigenvalue weighted by molar-refractivity contribution is -0.126. The fraction of sp³-hybridized carbons (Fsp3) is 0.586. The molecule has 2 aromatic rings. The zero-order valence-electron chi connectivity index (χ0n) is 23.0. The lowest BCUT2D eigenvalue weighted by Gasteiger charge is -2.41. The molecule has 0 spiro atoms.